The molecule has 0 N–H and O–H groups in total. The van der Waals surface area contributed by atoms with E-state index >= 15 is 0 Å². The first-order valence-electron chi connectivity index (χ1n) is 3.41. The van der Waals surface area contributed by atoms with E-state index in [1.807, 2.05) is 18.2 Å². The highest BCUT2D eigenvalue weighted by Gasteiger charge is 1.90. The van der Waals surface area contributed by atoms with Crippen LogP contribution in [-0.2, 0) is 0 Å². The van der Waals surface area contributed by atoms with Crippen LogP contribution in [0.1, 0.15) is 18.9 Å². The Balaban J connectivity index is 2.75. The number of hydrogen-bond donors (Lipinski definition) is 0. The second kappa shape index (κ2) is 3.62. The van der Waals surface area contributed by atoms with Gasteiger partial charge in [0.15, 0.2) is 0 Å². The molecule has 0 aliphatic carbocycles. The summed E-state index contributed by atoms with van der Waals surface area (Å²) in [6, 6.07) is 7.86. The molecule has 53 valence electrons. The average Bonchev–Trinajstić information content (AvgIpc) is 1.88. The molecule has 0 heterocycles. The third-order valence-electron chi connectivity index (χ3n) is 1.29. The number of hydrogen-bond acceptors (Lipinski definition) is 0. The summed E-state index contributed by atoms with van der Waals surface area (Å²) >= 11 is 5.76. The Morgan fingerprint density at radius 3 is 2.90 bits per heavy atom. The van der Waals surface area contributed by atoms with E-state index in [4.69, 9.17) is 11.6 Å². The highest BCUT2D eigenvalue weighted by molar-refractivity contribution is 6.30. The zero-order valence-corrected chi connectivity index (χ0v) is 6.73. The van der Waals surface area contributed by atoms with Gasteiger partial charge in [-0.15, -0.1) is 0 Å². The van der Waals surface area contributed by atoms with Gasteiger partial charge >= 0.3 is 0 Å². The summed E-state index contributed by atoms with van der Waals surface area (Å²) < 4.78 is 0. The highest BCUT2D eigenvalue weighted by Crippen LogP contribution is 2.12. The van der Waals surface area contributed by atoms with Crippen molar-refractivity contribution in [1.82, 2.24) is 0 Å². The molecule has 0 unspecified atom stereocenters. The molecule has 0 saturated carbocycles. The van der Waals surface area contributed by atoms with Gasteiger partial charge in [0.05, 0.1) is 0 Å². The first-order valence-corrected chi connectivity index (χ1v) is 3.79. The van der Waals surface area contributed by atoms with Crippen LogP contribution >= 0.6 is 11.6 Å². The van der Waals surface area contributed by atoms with E-state index in [1.165, 1.54) is 5.56 Å². The van der Waals surface area contributed by atoms with Gasteiger partial charge < -0.3 is 0 Å². The maximum absolute atomic E-state index is 5.76. The van der Waals surface area contributed by atoms with Crippen LogP contribution in [0.4, 0.5) is 0 Å². The van der Waals surface area contributed by atoms with E-state index in [9.17, 15) is 0 Å². The molecule has 0 atom stereocenters. The lowest BCUT2D eigenvalue weighted by atomic mass is 10.1. The fraction of sp³-hybridized carbons (Fsp3) is 0.222. The molecular weight excluding hydrogens is 144 g/mol. The fourth-order valence-electron chi connectivity index (χ4n) is 0.869. The Labute approximate surface area is 66.8 Å². The van der Waals surface area contributed by atoms with Crippen LogP contribution in [0.15, 0.2) is 24.3 Å². The SMILES string of the molecule is CC[CH]c1cccc(Cl)c1. The first-order chi connectivity index (χ1) is 4.83. The zero-order chi connectivity index (χ0) is 7.40. The molecular formula is C9H10Cl. The summed E-state index contributed by atoms with van der Waals surface area (Å²) in [5.74, 6) is 0. The number of halogens is 1. The molecule has 0 aliphatic rings. The van der Waals surface area contributed by atoms with Crippen molar-refractivity contribution in [3.05, 3.63) is 41.3 Å². The molecule has 1 heteroatoms. The van der Waals surface area contributed by atoms with Gasteiger partial charge in [0.2, 0.25) is 0 Å². The van der Waals surface area contributed by atoms with Crippen molar-refractivity contribution in [3.63, 3.8) is 0 Å². The predicted octanol–water partition coefficient (Wildman–Crippen LogP) is 3.30. The molecule has 0 fully saturated rings. The maximum Gasteiger partial charge on any atom is 0.0408 e. The maximum atomic E-state index is 5.76. The monoisotopic (exact) mass is 153 g/mol. The standard InChI is InChI=1S/C9H10Cl/c1-2-4-8-5-3-6-9(10)7-8/h3-7H,2H2,1H3. The van der Waals surface area contributed by atoms with E-state index in [1.54, 1.807) is 0 Å². The van der Waals surface area contributed by atoms with Crippen LogP contribution in [0.5, 0.6) is 0 Å². The topological polar surface area (TPSA) is 0 Å². The van der Waals surface area contributed by atoms with Gasteiger partial charge in [0, 0.05) is 5.02 Å². The quantitative estimate of drug-likeness (QED) is 0.612. The van der Waals surface area contributed by atoms with Gasteiger partial charge in [0.1, 0.15) is 0 Å². The molecule has 0 aromatic heterocycles. The van der Waals surface area contributed by atoms with E-state index in [-0.39, 0.29) is 0 Å². The second-order valence-electron chi connectivity index (χ2n) is 2.17. The minimum absolute atomic E-state index is 0.808. The summed E-state index contributed by atoms with van der Waals surface area (Å²) in [7, 11) is 0. The minimum atomic E-state index is 0.808. The molecule has 1 rings (SSSR count). The third kappa shape index (κ3) is 2.03. The van der Waals surface area contributed by atoms with Gasteiger partial charge in [0.25, 0.3) is 0 Å². The summed E-state index contributed by atoms with van der Waals surface area (Å²) in [5, 5.41) is 0.808. The van der Waals surface area contributed by atoms with E-state index < -0.39 is 0 Å². The molecule has 0 saturated heterocycles. The van der Waals surface area contributed by atoms with Crippen LogP contribution in [0, 0.1) is 6.42 Å². The Bertz CT molecular complexity index is 206. The van der Waals surface area contributed by atoms with Crippen LogP contribution in [0.2, 0.25) is 5.02 Å². The molecule has 1 aromatic carbocycles. The predicted molar refractivity (Wildman–Crippen MR) is 45.1 cm³/mol. The normalized spacial score (nSPS) is 9.80. The van der Waals surface area contributed by atoms with Gasteiger partial charge in [-0.2, -0.15) is 0 Å². The van der Waals surface area contributed by atoms with Crippen LogP contribution in [-0.4, -0.2) is 0 Å². The molecule has 0 spiro atoms. The highest BCUT2D eigenvalue weighted by atomic mass is 35.5. The minimum Gasteiger partial charge on any atom is -0.0843 e. The molecule has 1 aromatic rings. The smallest absolute Gasteiger partial charge is 0.0408 e. The molecule has 10 heavy (non-hydrogen) atoms. The Kier molecular flexibility index (Phi) is 2.76. The van der Waals surface area contributed by atoms with Crippen LogP contribution < -0.4 is 0 Å². The molecule has 0 aliphatic heterocycles. The summed E-state index contributed by atoms with van der Waals surface area (Å²) in [4.78, 5) is 0. The summed E-state index contributed by atoms with van der Waals surface area (Å²) in [6.45, 7) is 2.11. The molecule has 0 nitrogen and oxygen atoms in total. The molecule has 0 bridgehead atoms. The Morgan fingerprint density at radius 2 is 2.30 bits per heavy atom. The van der Waals surface area contributed by atoms with Crippen molar-refractivity contribution in [2.75, 3.05) is 0 Å². The van der Waals surface area contributed by atoms with Gasteiger partial charge in [-0.25, -0.2) is 0 Å². The molecule has 1 radical (unpaired) electrons. The van der Waals surface area contributed by atoms with Crippen molar-refractivity contribution in [1.29, 1.82) is 0 Å². The summed E-state index contributed by atoms with van der Waals surface area (Å²) in [5.41, 5.74) is 1.20. The second-order valence-corrected chi connectivity index (χ2v) is 2.60. The van der Waals surface area contributed by atoms with Gasteiger partial charge in [-0.3, -0.25) is 0 Å². The van der Waals surface area contributed by atoms with Crippen molar-refractivity contribution < 1.29 is 0 Å². The van der Waals surface area contributed by atoms with E-state index in [2.05, 4.69) is 19.4 Å². The Hall–Kier alpha value is -0.490. The zero-order valence-electron chi connectivity index (χ0n) is 5.97. The van der Waals surface area contributed by atoms with E-state index in [0.29, 0.717) is 0 Å². The van der Waals surface area contributed by atoms with E-state index in [0.717, 1.165) is 11.4 Å². The van der Waals surface area contributed by atoms with Gasteiger partial charge in [-0.1, -0.05) is 30.7 Å². The fourth-order valence-corrected chi connectivity index (χ4v) is 1.07. The third-order valence-corrected chi connectivity index (χ3v) is 1.52. The van der Waals surface area contributed by atoms with Crippen molar-refractivity contribution in [2.45, 2.75) is 13.3 Å². The van der Waals surface area contributed by atoms with Crippen LogP contribution in [0.3, 0.4) is 0 Å². The lowest BCUT2D eigenvalue weighted by Crippen LogP contribution is -1.77. The van der Waals surface area contributed by atoms with Crippen molar-refractivity contribution in [3.8, 4) is 0 Å². The first kappa shape index (κ1) is 7.62. The number of benzene rings is 1. The van der Waals surface area contributed by atoms with Crippen LogP contribution in [0.25, 0.3) is 0 Å². The Morgan fingerprint density at radius 1 is 1.50 bits per heavy atom. The van der Waals surface area contributed by atoms with Crippen molar-refractivity contribution >= 4 is 11.6 Å². The number of rotatable bonds is 2. The van der Waals surface area contributed by atoms with Crippen molar-refractivity contribution in [2.24, 2.45) is 0 Å². The van der Waals surface area contributed by atoms with Gasteiger partial charge in [-0.05, 0) is 30.5 Å². The summed E-state index contributed by atoms with van der Waals surface area (Å²) in [6.07, 6.45) is 3.20. The lowest BCUT2D eigenvalue weighted by Gasteiger charge is -1.96. The average molecular weight is 154 g/mol. The lowest BCUT2D eigenvalue weighted by molar-refractivity contribution is 1.12. The largest absolute Gasteiger partial charge is 0.0843 e. The molecule has 0 amide bonds.